The van der Waals surface area contributed by atoms with Gasteiger partial charge in [-0.3, -0.25) is 0 Å². The third-order valence-corrected chi connectivity index (χ3v) is 3.57. The largest absolute Gasteiger partial charge is 0.132 e. The van der Waals surface area contributed by atoms with Crippen LogP contribution >= 0.6 is 0 Å². The van der Waals surface area contributed by atoms with Crippen LogP contribution in [0.25, 0.3) is 0 Å². The van der Waals surface area contributed by atoms with Crippen LogP contribution in [-0.2, 0) is 0 Å². The molecule has 1 saturated carbocycles. The van der Waals surface area contributed by atoms with Crippen molar-refractivity contribution in [2.75, 3.05) is 0 Å². The summed E-state index contributed by atoms with van der Waals surface area (Å²) in [6, 6.07) is 0. The summed E-state index contributed by atoms with van der Waals surface area (Å²) in [5.74, 6) is 1.81. The zero-order chi connectivity index (χ0) is 9.90. The Balaban J connectivity index is 2.51. The van der Waals surface area contributed by atoms with E-state index >= 15 is 0 Å². The van der Waals surface area contributed by atoms with Gasteiger partial charge < -0.3 is 0 Å². The zero-order valence-corrected chi connectivity index (χ0v) is 9.27. The lowest BCUT2D eigenvalue weighted by atomic mass is 9.69. The average molecular weight is 178 g/mol. The Morgan fingerprint density at radius 3 is 2.31 bits per heavy atom. The average Bonchev–Trinajstić information content (AvgIpc) is 2.05. The fraction of sp³-hybridized carbons (Fsp3) is 0.769. The summed E-state index contributed by atoms with van der Waals surface area (Å²) in [6.45, 7) is 10.7. The molecule has 0 heteroatoms. The monoisotopic (exact) mass is 178 g/mol. The number of hydrogen-bond donors (Lipinski definition) is 0. The van der Waals surface area contributed by atoms with E-state index in [0.717, 1.165) is 11.8 Å². The lowest BCUT2D eigenvalue weighted by molar-refractivity contribution is 0.185. The molecular formula is C13H22. The highest BCUT2D eigenvalue weighted by atomic mass is 14.3. The summed E-state index contributed by atoms with van der Waals surface area (Å²) in [6.07, 6.45) is 7.57. The van der Waals surface area contributed by atoms with Gasteiger partial charge in [0.1, 0.15) is 0 Å². The smallest absolute Gasteiger partial charge is 0.00708 e. The molecule has 0 spiro atoms. The quantitative estimate of drug-likeness (QED) is 0.556. The maximum Gasteiger partial charge on any atom is -0.00708 e. The van der Waals surface area contributed by atoms with Crippen LogP contribution in [0.2, 0.25) is 0 Å². The molecule has 0 nitrogen and oxygen atoms in total. The van der Waals surface area contributed by atoms with Crippen LogP contribution in [0.3, 0.4) is 0 Å². The fourth-order valence-corrected chi connectivity index (χ4v) is 2.36. The summed E-state index contributed by atoms with van der Waals surface area (Å²) in [5.41, 5.74) is 3.34. The Morgan fingerprint density at radius 1 is 1.38 bits per heavy atom. The molecule has 0 aromatic rings. The lowest BCUT2D eigenvalue weighted by Crippen LogP contribution is -2.24. The summed E-state index contributed by atoms with van der Waals surface area (Å²) in [5, 5.41) is 0. The highest BCUT2D eigenvalue weighted by Gasteiger charge is 2.29. The van der Waals surface area contributed by atoms with Crippen LogP contribution in [0.1, 0.15) is 46.5 Å². The molecule has 0 unspecified atom stereocenters. The Hall–Kier alpha value is -0.480. The number of allylic oxidation sites excluding steroid dienone is 1. The van der Waals surface area contributed by atoms with Crippen molar-refractivity contribution in [1.29, 1.82) is 0 Å². The van der Waals surface area contributed by atoms with Crippen molar-refractivity contribution in [2.45, 2.75) is 46.5 Å². The molecule has 0 radical (unpaired) electrons. The molecule has 0 aromatic carbocycles. The first-order chi connectivity index (χ1) is 6.07. The maximum atomic E-state index is 3.67. The van der Waals surface area contributed by atoms with E-state index in [9.17, 15) is 0 Å². The minimum Gasteiger partial charge on any atom is -0.132 e. The van der Waals surface area contributed by atoms with Crippen LogP contribution in [0.5, 0.6) is 0 Å². The zero-order valence-electron chi connectivity index (χ0n) is 9.27. The normalized spacial score (nSPS) is 34.3. The van der Waals surface area contributed by atoms with E-state index < -0.39 is 0 Å². The topological polar surface area (TPSA) is 0 Å². The van der Waals surface area contributed by atoms with Crippen LogP contribution < -0.4 is 0 Å². The van der Waals surface area contributed by atoms with Gasteiger partial charge in [-0.2, -0.15) is 0 Å². The van der Waals surface area contributed by atoms with E-state index in [0.29, 0.717) is 5.41 Å². The molecule has 1 aliphatic carbocycles. The Kier molecular flexibility index (Phi) is 3.39. The predicted molar refractivity (Wildman–Crippen MR) is 58.6 cm³/mol. The maximum absolute atomic E-state index is 3.67. The van der Waals surface area contributed by atoms with Crippen molar-refractivity contribution >= 4 is 0 Å². The first-order valence-electron chi connectivity index (χ1n) is 5.44. The van der Waals surface area contributed by atoms with Crippen molar-refractivity contribution < 1.29 is 0 Å². The minimum absolute atomic E-state index is 0.396. The van der Waals surface area contributed by atoms with Crippen LogP contribution in [-0.4, -0.2) is 0 Å². The van der Waals surface area contributed by atoms with E-state index in [1.807, 2.05) is 0 Å². The highest BCUT2D eigenvalue weighted by Crippen LogP contribution is 2.41. The summed E-state index contributed by atoms with van der Waals surface area (Å²) < 4.78 is 0. The van der Waals surface area contributed by atoms with Gasteiger partial charge in [0.25, 0.3) is 0 Å². The third kappa shape index (κ3) is 2.74. The van der Waals surface area contributed by atoms with Crippen LogP contribution in [0.15, 0.2) is 18.4 Å². The second-order valence-corrected chi connectivity index (χ2v) is 5.08. The van der Waals surface area contributed by atoms with Crippen molar-refractivity contribution in [1.82, 2.24) is 0 Å². The van der Waals surface area contributed by atoms with Gasteiger partial charge in [0, 0.05) is 0 Å². The molecule has 0 heterocycles. The molecule has 74 valence electrons. The van der Waals surface area contributed by atoms with Gasteiger partial charge in [0.15, 0.2) is 0 Å². The molecule has 0 atom stereocenters. The molecule has 1 rings (SSSR count). The Morgan fingerprint density at radius 2 is 1.92 bits per heavy atom. The van der Waals surface area contributed by atoms with Crippen molar-refractivity contribution in [2.24, 2.45) is 17.3 Å². The van der Waals surface area contributed by atoms with Gasteiger partial charge in [0.2, 0.25) is 0 Å². The van der Waals surface area contributed by atoms with E-state index in [1.54, 1.807) is 0 Å². The van der Waals surface area contributed by atoms with Gasteiger partial charge >= 0.3 is 0 Å². The first kappa shape index (κ1) is 10.6. The Bertz CT molecular complexity index is 198. The number of hydrogen-bond acceptors (Lipinski definition) is 0. The predicted octanol–water partition coefficient (Wildman–Crippen LogP) is 4.18. The molecule has 0 aromatic heterocycles. The van der Waals surface area contributed by atoms with Gasteiger partial charge in [-0.1, -0.05) is 27.4 Å². The summed E-state index contributed by atoms with van der Waals surface area (Å²) in [7, 11) is 0. The van der Waals surface area contributed by atoms with Crippen LogP contribution in [0, 0.1) is 17.3 Å². The van der Waals surface area contributed by atoms with Gasteiger partial charge in [-0.25, -0.2) is 0 Å². The summed E-state index contributed by atoms with van der Waals surface area (Å²) in [4.78, 5) is 0. The van der Waals surface area contributed by atoms with E-state index in [4.69, 9.17) is 0 Å². The Labute approximate surface area is 82.7 Å². The molecule has 13 heavy (non-hydrogen) atoms. The van der Waals surface area contributed by atoms with Crippen molar-refractivity contribution in [3.63, 3.8) is 0 Å². The molecular weight excluding hydrogens is 156 g/mol. The molecule has 0 aliphatic heterocycles. The van der Waals surface area contributed by atoms with E-state index in [-0.39, 0.29) is 0 Å². The van der Waals surface area contributed by atoms with Gasteiger partial charge in [0.05, 0.1) is 0 Å². The second kappa shape index (κ2) is 4.15. The molecule has 1 fully saturated rings. The van der Waals surface area contributed by atoms with Gasteiger partial charge in [-0.05, 0) is 49.0 Å². The second-order valence-electron chi connectivity index (χ2n) is 5.08. The number of rotatable bonds is 2. The van der Waals surface area contributed by atoms with Crippen LogP contribution in [0.4, 0.5) is 0 Å². The molecule has 0 bridgehead atoms. The van der Waals surface area contributed by atoms with Gasteiger partial charge in [-0.15, -0.1) is 5.73 Å². The van der Waals surface area contributed by atoms with Crippen molar-refractivity contribution in [3.05, 3.63) is 18.4 Å². The van der Waals surface area contributed by atoms with E-state index in [1.165, 1.54) is 25.7 Å². The highest BCUT2D eigenvalue weighted by molar-refractivity contribution is 4.97. The minimum atomic E-state index is 0.396. The SMILES string of the molecule is C=C=CC1(C)CCC(C(C)C)CC1. The first-order valence-corrected chi connectivity index (χ1v) is 5.44. The fourth-order valence-electron chi connectivity index (χ4n) is 2.36. The molecule has 1 aliphatic rings. The third-order valence-electron chi connectivity index (χ3n) is 3.57. The lowest BCUT2D eigenvalue weighted by Gasteiger charge is -2.36. The van der Waals surface area contributed by atoms with E-state index in [2.05, 4.69) is 39.2 Å². The van der Waals surface area contributed by atoms with Crippen molar-refractivity contribution in [3.8, 4) is 0 Å². The molecule has 0 N–H and O–H groups in total. The molecule has 0 saturated heterocycles. The summed E-state index contributed by atoms with van der Waals surface area (Å²) >= 11 is 0. The standard InChI is InChI=1S/C13H22/c1-5-8-13(4)9-6-12(7-10-13)11(2)3/h8,11-12H,1,6-7,9-10H2,2-4H3. The molecule has 0 amide bonds.